The Balaban J connectivity index is 1.57. The van der Waals surface area contributed by atoms with Gasteiger partial charge >= 0.3 is 5.97 Å². The third-order valence-electron chi connectivity index (χ3n) is 5.24. The average molecular weight is 420 g/mol. The van der Waals surface area contributed by atoms with E-state index in [9.17, 15) is 14.9 Å². The predicted octanol–water partition coefficient (Wildman–Crippen LogP) is 4.08. The summed E-state index contributed by atoms with van der Waals surface area (Å²) < 4.78 is 5.02. The van der Waals surface area contributed by atoms with Crippen molar-refractivity contribution < 1.29 is 14.3 Å². The van der Waals surface area contributed by atoms with E-state index in [-0.39, 0.29) is 24.2 Å². The number of esters is 1. The van der Waals surface area contributed by atoms with Crippen LogP contribution < -0.4 is 4.90 Å². The lowest BCUT2D eigenvalue weighted by Crippen LogP contribution is -2.47. The molecule has 1 atom stereocenters. The van der Waals surface area contributed by atoms with E-state index in [2.05, 4.69) is 11.0 Å². The average Bonchev–Trinajstić information content (AvgIpc) is 2.79. The highest BCUT2D eigenvalue weighted by Gasteiger charge is 2.38. The molecule has 1 amide bonds. The summed E-state index contributed by atoms with van der Waals surface area (Å²) in [7, 11) is 0. The van der Waals surface area contributed by atoms with Gasteiger partial charge in [-0.1, -0.05) is 42.1 Å². The standard InChI is InChI=1S/C23H21N3O3S/c1-2-29-23(28)17-8-10-18(11-9-17)25-14-26-21(27)12-19(16-6-4-3-5-7-16)20(13-24)22(26)30-15-25/h3-11,19H,2,12,14-15H2,1H3/t19-/m1/s1. The summed E-state index contributed by atoms with van der Waals surface area (Å²) in [5.41, 5.74) is 3.05. The van der Waals surface area contributed by atoms with Gasteiger partial charge in [-0.25, -0.2) is 4.79 Å². The fourth-order valence-corrected chi connectivity index (χ4v) is 4.89. The molecule has 1 fully saturated rings. The van der Waals surface area contributed by atoms with E-state index in [4.69, 9.17) is 4.74 Å². The summed E-state index contributed by atoms with van der Waals surface area (Å²) >= 11 is 1.50. The Labute approximate surface area is 179 Å². The molecule has 2 heterocycles. The first-order valence-electron chi connectivity index (χ1n) is 9.77. The molecule has 30 heavy (non-hydrogen) atoms. The van der Waals surface area contributed by atoms with Crippen LogP contribution in [-0.2, 0) is 9.53 Å². The number of nitrogens with zero attached hydrogens (tertiary/aromatic N) is 3. The van der Waals surface area contributed by atoms with Crippen LogP contribution in [0.1, 0.15) is 35.2 Å². The second-order valence-electron chi connectivity index (χ2n) is 7.04. The molecule has 0 radical (unpaired) electrons. The minimum absolute atomic E-state index is 0.0122. The van der Waals surface area contributed by atoms with Crippen LogP contribution in [0, 0.1) is 11.3 Å². The second-order valence-corrected chi connectivity index (χ2v) is 7.98. The van der Waals surface area contributed by atoms with Crippen LogP contribution >= 0.6 is 11.8 Å². The van der Waals surface area contributed by atoms with Crippen LogP contribution in [0.25, 0.3) is 0 Å². The van der Waals surface area contributed by atoms with Crippen LogP contribution in [0.15, 0.2) is 65.2 Å². The number of nitriles is 1. The number of thioether (sulfide) groups is 1. The molecule has 0 bridgehead atoms. The van der Waals surface area contributed by atoms with Gasteiger partial charge in [0.05, 0.1) is 41.4 Å². The number of carbonyl (C=O) groups is 2. The lowest BCUT2D eigenvalue weighted by atomic mass is 9.86. The minimum atomic E-state index is -0.348. The summed E-state index contributed by atoms with van der Waals surface area (Å²) in [6.07, 6.45) is 0.284. The summed E-state index contributed by atoms with van der Waals surface area (Å²) in [4.78, 5) is 28.6. The first-order valence-corrected chi connectivity index (χ1v) is 10.8. The second kappa shape index (κ2) is 8.64. The van der Waals surface area contributed by atoms with Crippen molar-refractivity contribution in [1.29, 1.82) is 5.26 Å². The molecule has 0 spiro atoms. The van der Waals surface area contributed by atoms with Crippen molar-refractivity contribution in [2.45, 2.75) is 19.3 Å². The lowest BCUT2D eigenvalue weighted by Gasteiger charge is -2.42. The van der Waals surface area contributed by atoms with E-state index < -0.39 is 0 Å². The maximum Gasteiger partial charge on any atom is 0.338 e. The van der Waals surface area contributed by atoms with Gasteiger partial charge in [-0.3, -0.25) is 9.69 Å². The third kappa shape index (κ3) is 3.79. The zero-order valence-electron chi connectivity index (χ0n) is 16.6. The van der Waals surface area contributed by atoms with E-state index in [0.717, 1.165) is 16.3 Å². The van der Waals surface area contributed by atoms with Gasteiger partial charge in [0, 0.05) is 18.0 Å². The highest BCUT2D eigenvalue weighted by molar-refractivity contribution is 8.03. The van der Waals surface area contributed by atoms with Crippen LogP contribution in [0.2, 0.25) is 0 Å². The molecule has 1 saturated heterocycles. The van der Waals surface area contributed by atoms with Gasteiger partial charge in [-0.05, 0) is 36.8 Å². The number of ether oxygens (including phenoxy) is 1. The predicted molar refractivity (Wildman–Crippen MR) is 115 cm³/mol. The lowest BCUT2D eigenvalue weighted by molar-refractivity contribution is -0.129. The van der Waals surface area contributed by atoms with E-state index in [0.29, 0.717) is 30.3 Å². The smallest absolute Gasteiger partial charge is 0.338 e. The summed E-state index contributed by atoms with van der Waals surface area (Å²) in [6.45, 7) is 2.49. The largest absolute Gasteiger partial charge is 0.462 e. The summed E-state index contributed by atoms with van der Waals surface area (Å²) in [6, 6.07) is 19.3. The molecule has 152 valence electrons. The minimum Gasteiger partial charge on any atom is -0.462 e. The van der Waals surface area contributed by atoms with E-state index in [1.807, 2.05) is 42.5 Å². The van der Waals surface area contributed by atoms with Gasteiger partial charge < -0.3 is 9.64 Å². The number of fused-ring (bicyclic) bond motifs is 1. The molecule has 7 heteroatoms. The van der Waals surface area contributed by atoms with Crippen LogP contribution in [0.5, 0.6) is 0 Å². The molecule has 2 aromatic rings. The van der Waals surface area contributed by atoms with Gasteiger partial charge in [0.1, 0.15) is 0 Å². The number of rotatable bonds is 4. The maximum atomic E-state index is 12.9. The van der Waals surface area contributed by atoms with Gasteiger partial charge in [0.25, 0.3) is 0 Å². The van der Waals surface area contributed by atoms with Crippen LogP contribution in [0.4, 0.5) is 5.69 Å². The molecule has 2 aliphatic heterocycles. The Bertz CT molecular complexity index is 1030. The first-order chi connectivity index (χ1) is 14.6. The molecule has 6 nitrogen and oxygen atoms in total. The molecule has 0 saturated carbocycles. The fraction of sp³-hybridized carbons (Fsp3) is 0.261. The van der Waals surface area contributed by atoms with Gasteiger partial charge in [0.2, 0.25) is 5.91 Å². The van der Waals surface area contributed by atoms with Crippen molar-refractivity contribution in [3.05, 3.63) is 76.3 Å². The van der Waals surface area contributed by atoms with Crippen molar-refractivity contribution in [3.63, 3.8) is 0 Å². The summed E-state index contributed by atoms with van der Waals surface area (Å²) in [5.74, 6) is 0.0834. The van der Waals surface area contributed by atoms with E-state index in [1.165, 1.54) is 11.8 Å². The van der Waals surface area contributed by atoms with Crippen molar-refractivity contribution in [2.24, 2.45) is 0 Å². The highest BCUT2D eigenvalue weighted by Crippen LogP contribution is 2.43. The molecule has 2 aliphatic rings. The van der Waals surface area contributed by atoms with Crippen LogP contribution in [0.3, 0.4) is 0 Å². The molecule has 0 aliphatic carbocycles. The number of allylic oxidation sites excluding steroid dienone is 1. The topological polar surface area (TPSA) is 73.6 Å². The number of benzene rings is 2. The van der Waals surface area contributed by atoms with Gasteiger partial charge in [-0.15, -0.1) is 0 Å². The Kier molecular flexibility index (Phi) is 5.77. The zero-order chi connectivity index (χ0) is 21.1. The molecular weight excluding hydrogens is 398 g/mol. The molecule has 0 N–H and O–H groups in total. The Hall–Kier alpha value is -3.24. The number of anilines is 1. The van der Waals surface area contributed by atoms with Crippen molar-refractivity contribution in [1.82, 2.24) is 4.90 Å². The molecule has 0 unspecified atom stereocenters. The maximum absolute atomic E-state index is 12.9. The zero-order valence-corrected chi connectivity index (χ0v) is 17.4. The molecular formula is C23H21N3O3S. The summed E-state index contributed by atoms with van der Waals surface area (Å²) in [5, 5.41) is 10.6. The molecule has 4 rings (SSSR count). The van der Waals surface area contributed by atoms with E-state index in [1.54, 1.807) is 24.0 Å². The van der Waals surface area contributed by atoms with E-state index >= 15 is 0 Å². The van der Waals surface area contributed by atoms with Gasteiger partial charge in [0.15, 0.2) is 0 Å². The number of carbonyl (C=O) groups excluding carboxylic acids is 2. The molecule has 0 aromatic heterocycles. The number of hydrogen-bond acceptors (Lipinski definition) is 6. The van der Waals surface area contributed by atoms with Crippen molar-refractivity contribution in [3.8, 4) is 6.07 Å². The quantitative estimate of drug-likeness (QED) is 0.695. The first kappa shape index (κ1) is 20.0. The normalized spacial score (nSPS) is 18.7. The van der Waals surface area contributed by atoms with Crippen LogP contribution in [-0.4, -0.2) is 35.9 Å². The Morgan fingerprint density at radius 3 is 2.60 bits per heavy atom. The Morgan fingerprint density at radius 1 is 1.20 bits per heavy atom. The Morgan fingerprint density at radius 2 is 1.93 bits per heavy atom. The number of amides is 1. The number of hydrogen-bond donors (Lipinski definition) is 0. The van der Waals surface area contributed by atoms with Gasteiger partial charge in [-0.2, -0.15) is 5.26 Å². The highest BCUT2D eigenvalue weighted by atomic mass is 32.2. The SMILES string of the molecule is CCOC(=O)c1ccc(N2CSC3=C(C#N)[C@@H](c4ccccc4)CC(=O)N3C2)cc1. The third-order valence-corrected chi connectivity index (χ3v) is 6.39. The fourth-order valence-electron chi connectivity index (χ4n) is 3.72. The molecule has 2 aromatic carbocycles. The van der Waals surface area contributed by atoms with Crippen molar-refractivity contribution in [2.75, 3.05) is 24.1 Å². The monoisotopic (exact) mass is 419 g/mol. The van der Waals surface area contributed by atoms with Crippen molar-refractivity contribution >= 4 is 29.3 Å².